The Morgan fingerprint density at radius 1 is 1.16 bits per heavy atom. The Balaban J connectivity index is 0. The van der Waals surface area contributed by atoms with Gasteiger partial charge in [-0.25, -0.2) is 4.39 Å². The summed E-state index contributed by atoms with van der Waals surface area (Å²) in [5.74, 6) is 0.475. The number of benzene rings is 1. The van der Waals surface area contributed by atoms with Gasteiger partial charge in [0.1, 0.15) is 11.6 Å². The Bertz CT molecular complexity index is 720. The molecule has 142 valence electrons. The molecule has 0 fully saturated rings. The van der Waals surface area contributed by atoms with E-state index in [1.54, 1.807) is 12.3 Å². The van der Waals surface area contributed by atoms with Gasteiger partial charge in [-0.05, 0) is 34.9 Å². The van der Waals surface area contributed by atoms with Crippen LogP contribution in [0, 0.1) is 26.1 Å². The molecule has 0 N–H and O–H groups in total. The van der Waals surface area contributed by atoms with E-state index in [9.17, 15) is 4.39 Å². The van der Waals surface area contributed by atoms with E-state index in [1.807, 2.05) is 6.92 Å². The van der Waals surface area contributed by atoms with E-state index >= 15 is 0 Å². The third-order valence-electron chi connectivity index (χ3n) is 3.67. The van der Waals surface area contributed by atoms with Gasteiger partial charge in [-0.1, -0.05) is 33.8 Å². The summed E-state index contributed by atoms with van der Waals surface area (Å²) in [6.45, 7) is 8.33. The molecule has 2 aromatic rings. The first-order valence-electron chi connectivity index (χ1n) is 7.22. The van der Waals surface area contributed by atoms with E-state index < -0.39 is 0 Å². The van der Waals surface area contributed by atoms with Crippen LogP contribution < -0.4 is 4.98 Å². The molecule has 0 bridgehead atoms. The molecule has 0 saturated carbocycles. The van der Waals surface area contributed by atoms with E-state index in [4.69, 9.17) is 4.74 Å². The molecule has 3 rings (SSSR count). The molecule has 1 unspecified atom stereocenters. The van der Waals surface area contributed by atoms with E-state index in [0.717, 1.165) is 34.3 Å². The van der Waals surface area contributed by atoms with Crippen LogP contribution in [-0.4, -0.2) is 6.23 Å². The smallest absolute Gasteiger partial charge is 0.123 e. The Hall–Kier alpha value is -0.645. The first-order chi connectivity index (χ1) is 9.90. The second-order valence-electron chi connectivity index (χ2n) is 6.43. The predicted molar refractivity (Wildman–Crippen MR) is 95.0 cm³/mol. The molecule has 1 aliphatic heterocycles. The number of ether oxygens (including phenoxy) is 1. The normalized spacial score (nSPS) is 16.0. The van der Waals surface area contributed by atoms with Crippen LogP contribution in [0.25, 0.3) is 22.0 Å². The average molecular weight is 689 g/mol. The van der Waals surface area contributed by atoms with Crippen LogP contribution in [0.3, 0.4) is 0 Å². The zero-order valence-corrected chi connectivity index (χ0v) is 21.0. The fourth-order valence-electron chi connectivity index (χ4n) is 2.47. The summed E-state index contributed by atoms with van der Waals surface area (Å²) >= 11 is 0. The summed E-state index contributed by atoms with van der Waals surface area (Å²) in [6.07, 6.45) is 2.32. The number of rotatable bonds is 2. The van der Waals surface area contributed by atoms with E-state index in [1.165, 1.54) is 12.1 Å². The Morgan fingerprint density at radius 3 is 2.36 bits per heavy atom. The molecular weight excluding hydrogens is 664 g/mol. The second-order valence-corrected chi connectivity index (χ2v) is 6.43. The first kappa shape index (κ1) is 26.6. The fraction of sp³-hybridized carbons (Fsp3) is 0.368. The van der Waals surface area contributed by atoms with Gasteiger partial charge in [0.2, 0.25) is 0 Å². The number of hydrogen-bond acceptors (Lipinski definition) is 1. The van der Waals surface area contributed by atoms with Gasteiger partial charge in [0.05, 0.1) is 0 Å². The van der Waals surface area contributed by atoms with Gasteiger partial charge >= 0.3 is 0 Å². The van der Waals surface area contributed by atoms with Gasteiger partial charge < -0.3 is 29.9 Å². The summed E-state index contributed by atoms with van der Waals surface area (Å²) in [7, 11) is 0. The second kappa shape index (κ2) is 9.89. The van der Waals surface area contributed by atoms with Crippen molar-refractivity contribution in [1.29, 1.82) is 0 Å². The molecule has 6 heteroatoms. The summed E-state index contributed by atoms with van der Waals surface area (Å²) in [6, 6.07) is 4.62. The quantitative estimate of drug-likeness (QED) is 0.381. The van der Waals surface area contributed by atoms with Gasteiger partial charge in [-0.15, -0.1) is 11.2 Å². The molecule has 0 saturated heterocycles. The van der Waals surface area contributed by atoms with Crippen molar-refractivity contribution in [3.05, 3.63) is 61.6 Å². The number of aromatic nitrogens is 1. The standard InChI is InChI=1S/C17H19FN2O.2CH3.2Re/c1-5-13-15(21-16(20-13)17(2,3)4)12-9-19-14-7-6-10(18)8-11(12)14;;;;/h6-9,16H,5H2,1-4H3;2*1H3;;/q-2;2*-1;;. The van der Waals surface area contributed by atoms with E-state index in [2.05, 4.69) is 31.1 Å². The maximum absolute atomic E-state index is 13.5. The zero-order chi connectivity index (χ0) is 15.2. The number of fused-ring (bicyclic) bond motifs is 1. The molecule has 1 atom stereocenters. The van der Waals surface area contributed by atoms with Gasteiger partial charge in [0.25, 0.3) is 0 Å². The van der Waals surface area contributed by atoms with Crippen molar-refractivity contribution < 1.29 is 50.0 Å². The van der Waals surface area contributed by atoms with Gasteiger partial charge in [0, 0.05) is 47.1 Å². The number of allylic oxidation sites excluding steroid dienone is 1. The van der Waals surface area contributed by atoms with Crippen LogP contribution >= 0.6 is 0 Å². The van der Waals surface area contributed by atoms with Crippen LogP contribution in [-0.2, 0) is 45.6 Å². The number of hydrogen-bond donors (Lipinski definition) is 0. The van der Waals surface area contributed by atoms with Crippen molar-refractivity contribution in [2.24, 2.45) is 5.41 Å². The molecule has 1 aromatic heterocycles. The molecule has 2 heterocycles. The summed E-state index contributed by atoms with van der Waals surface area (Å²) in [5.41, 5.74) is 2.45. The van der Waals surface area contributed by atoms with Crippen molar-refractivity contribution in [2.75, 3.05) is 0 Å². The minimum absolute atomic E-state index is 0. The Kier molecular flexibility index (Phi) is 10.5. The largest absolute Gasteiger partial charge is 0.663 e. The molecule has 2 radical (unpaired) electrons. The van der Waals surface area contributed by atoms with Crippen LogP contribution in [0.4, 0.5) is 4.39 Å². The van der Waals surface area contributed by atoms with Crippen LogP contribution in [0.5, 0.6) is 0 Å². The molecule has 0 spiro atoms. The minimum Gasteiger partial charge on any atom is -0.663 e. The molecule has 0 amide bonds. The average Bonchev–Trinajstić information content (AvgIpc) is 3.00. The van der Waals surface area contributed by atoms with E-state index in [-0.39, 0.29) is 73.2 Å². The van der Waals surface area contributed by atoms with Crippen LogP contribution in [0.1, 0.15) is 39.7 Å². The molecular formula is C19H25FN2ORe2-4. The maximum atomic E-state index is 13.5. The minimum atomic E-state index is -0.266. The fourth-order valence-corrected chi connectivity index (χ4v) is 2.47. The van der Waals surface area contributed by atoms with E-state index in [0.29, 0.717) is 0 Å². The van der Waals surface area contributed by atoms with Gasteiger partial charge in [0.15, 0.2) is 0 Å². The van der Waals surface area contributed by atoms with Crippen LogP contribution in [0.15, 0.2) is 30.1 Å². The molecule has 25 heavy (non-hydrogen) atoms. The van der Waals surface area contributed by atoms with Crippen molar-refractivity contribution in [3.63, 3.8) is 0 Å². The topological polar surface area (TPSA) is 37.4 Å². The van der Waals surface area contributed by atoms with Crippen molar-refractivity contribution in [1.82, 2.24) is 4.98 Å². The summed E-state index contributed by atoms with van der Waals surface area (Å²) in [4.78, 5) is 4.34. The third kappa shape index (κ3) is 5.18. The Labute approximate surface area is 178 Å². The molecule has 1 aliphatic rings. The van der Waals surface area contributed by atoms with Gasteiger partial charge in [-0.2, -0.15) is 6.20 Å². The third-order valence-corrected chi connectivity index (χ3v) is 3.67. The molecule has 0 aliphatic carbocycles. The predicted octanol–water partition coefficient (Wildman–Crippen LogP) is 5.69. The summed E-state index contributed by atoms with van der Waals surface area (Å²) in [5, 5.41) is 5.46. The van der Waals surface area contributed by atoms with Crippen molar-refractivity contribution in [2.45, 2.75) is 40.3 Å². The summed E-state index contributed by atoms with van der Waals surface area (Å²) < 4.78 is 19.6. The first-order valence-corrected chi connectivity index (χ1v) is 7.22. The zero-order valence-electron chi connectivity index (χ0n) is 15.5. The number of nitrogens with zero attached hydrogens (tertiary/aromatic N) is 2. The van der Waals surface area contributed by atoms with Gasteiger partial charge in [-0.3, -0.25) is 0 Å². The van der Waals surface area contributed by atoms with Crippen LogP contribution in [0.2, 0.25) is 0 Å². The molecule has 1 aromatic carbocycles. The number of halogens is 1. The van der Waals surface area contributed by atoms with Crippen molar-refractivity contribution in [3.8, 4) is 0 Å². The SMILES string of the molecule is CCC1=C(c2c[n-]c3ccc(F)cc23)OC(C(C)(C)C)[N-]1.[CH3-].[CH3-].[Re].[Re]. The molecule has 3 nitrogen and oxygen atoms in total. The Morgan fingerprint density at radius 2 is 1.80 bits per heavy atom. The maximum Gasteiger partial charge on any atom is 0.123 e. The monoisotopic (exact) mass is 690 g/mol. The van der Waals surface area contributed by atoms with Crippen molar-refractivity contribution >= 4 is 16.7 Å².